The first-order chi connectivity index (χ1) is 17.2. The molecule has 2 amide bonds. The molecule has 3 saturated heterocycles. The van der Waals surface area contributed by atoms with Crippen molar-refractivity contribution in [3.63, 3.8) is 0 Å². The van der Waals surface area contributed by atoms with Gasteiger partial charge in [0.05, 0.1) is 34.7 Å². The van der Waals surface area contributed by atoms with E-state index in [0.29, 0.717) is 6.07 Å². The number of esters is 1. The summed E-state index contributed by atoms with van der Waals surface area (Å²) >= 11 is 0. The van der Waals surface area contributed by atoms with Gasteiger partial charge >= 0.3 is 12.1 Å². The molecule has 0 spiro atoms. The maximum atomic E-state index is 13.5. The molecule has 7 atom stereocenters. The molecule has 0 radical (unpaired) electrons. The number of amides is 2. The smallest absolute Gasteiger partial charge is 0.417 e. The molecule has 10 heteroatoms. The summed E-state index contributed by atoms with van der Waals surface area (Å²) in [5.74, 6) is -3.52. The number of nitrogens with zero attached hydrogens (tertiary/aromatic N) is 2. The monoisotopic (exact) mass is 495 g/mol. The first-order valence-electron chi connectivity index (χ1n) is 11.7. The summed E-state index contributed by atoms with van der Waals surface area (Å²) in [6, 6.07) is 12.3. The van der Waals surface area contributed by atoms with E-state index in [2.05, 4.69) is 5.32 Å². The summed E-state index contributed by atoms with van der Waals surface area (Å²) in [7, 11) is 0. The summed E-state index contributed by atoms with van der Waals surface area (Å²) in [5, 5.41) is 12.3. The third-order valence-corrected chi connectivity index (χ3v) is 7.97. The van der Waals surface area contributed by atoms with Gasteiger partial charge in [-0.15, -0.1) is 0 Å². The van der Waals surface area contributed by atoms with Crippen molar-refractivity contribution in [3.8, 4) is 6.07 Å². The maximum Gasteiger partial charge on any atom is 0.417 e. The molecule has 7 rings (SSSR count). The van der Waals surface area contributed by atoms with Crippen molar-refractivity contribution in [1.29, 1.82) is 5.26 Å². The molecular formula is C26H20F3N3O4. The number of rotatable bonds is 4. The van der Waals surface area contributed by atoms with Gasteiger partial charge in [-0.25, -0.2) is 4.90 Å². The van der Waals surface area contributed by atoms with E-state index >= 15 is 0 Å². The van der Waals surface area contributed by atoms with Gasteiger partial charge in [-0.2, -0.15) is 18.4 Å². The first kappa shape index (κ1) is 22.7. The predicted octanol–water partition coefficient (Wildman–Crippen LogP) is 3.03. The summed E-state index contributed by atoms with van der Waals surface area (Å²) in [6.45, 7) is 0.0713. The van der Waals surface area contributed by atoms with Crippen molar-refractivity contribution >= 4 is 23.5 Å². The second-order valence-electron chi connectivity index (χ2n) is 9.81. The fourth-order valence-corrected chi connectivity index (χ4v) is 6.42. The van der Waals surface area contributed by atoms with Crippen molar-refractivity contribution in [2.24, 2.45) is 29.6 Å². The van der Waals surface area contributed by atoms with Crippen molar-refractivity contribution in [2.75, 3.05) is 4.90 Å². The minimum atomic E-state index is -4.82. The highest BCUT2D eigenvalue weighted by molar-refractivity contribution is 6.23. The van der Waals surface area contributed by atoms with Gasteiger partial charge in [0.1, 0.15) is 12.6 Å². The fourth-order valence-electron chi connectivity index (χ4n) is 6.42. The van der Waals surface area contributed by atoms with Gasteiger partial charge in [-0.1, -0.05) is 30.3 Å². The third-order valence-electron chi connectivity index (χ3n) is 7.97. The molecule has 2 aliphatic carbocycles. The second-order valence-corrected chi connectivity index (χ2v) is 9.81. The molecule has 7 nitrogen and oxygen atoms in total. The van der Waals surface area contributed by atoms with Crippen LogP contribution in [-0.4, -0.2) is 29.9 Å². The number of imide groups is 1. The van der Waals surface area contributed by atoms with Crippen LogP contribution in [0, 0.1) is 40.9 Å². The number of carbonyl (C=O) groups excluding carboxylic acids is 3. The minimum absolute atomic E-state index is 0.0713. The quantitative estimate of drug-likeness (QED) is 0.517. The molecule has 1 N–H and O–H groups in total. The first-order valence-corrected chi connectivity index (χ1v) is 11.7. The number of nitriles is 1. The van der Waals surface area contributed by atoms with Gasteiger partial charge in [-0.3, -0.25) is 14.4 Å². The van der Waals surface area contributed by atoms with Crippen LogP contribution in [0.2, 0.25) is 0 Å². The van der Waals surface area contributed by atoms with Crippen LogP contribution in [0.1, 0.15) is 23.1 Å². The number of piperidine rings is 2. The molecule has 184 valence electrons. The van der Waals surface area contributed by atoms with Crippen LogP contribution in [0.5, 0.6) is 0 Å². The van der Waals surface area contributed by atoms with E-state index in [9.17, 15) is 27.6 Å². The standard InChI is InChI=1S/C26H20F3N3O4/c27-26(28,29)17-8-14(7-6-13(17)10-30)32-23(33)19-18-15-9-16(15)21(20(19)24(32)34)31-22(18)25(35)36-11-12-4-2-1-3-5-12/h1-8,15-16,18-22,31H,9,11H2/t15?,16?,18-,19+,20+,21+,22?/m1/s1. The minimum Gasteiger partial charge on any atom is -0.460 e. The Bertz CT molecular complexity index is 1320. The highest BCUT2D eigenvalue weighted by atomic mass is 19.4. The lowest BCUT2D eigenvalue weighted by Crippen LogP contribution is -2.65. The lowest BCUT2D eigenvalue weighted by Gasteiger charge is -2.47. The molecular weight excluding hydrogens is 475 g/mol. The number of ether oxygens (including phenoxy) is 1. The SMILES string of the molecule is N#Cc1ccc(N2C(=O)[C@H]3[C@@H]4C(C(=O)OCc5ccccc5)N[C@@H](C5CC54)[C@H]3C2=O)cc1C(F)(F)F. The Kier molecular flexibility index (Phi) is 4.99. The van der Waals surface area contributed by atoms with Crippen LogP contribution in [-0.2, 0) is 31.9 Å². The van der Waals surface area contributed by atoms with E-state index in [0.717, 1.165) is 23.0 Å². The van der Waals surface area contributed by atoms with Gasteiger partial charge in [0.15, 0.2) is 0 Å². The van der Waals surface area contributed by atoms with Crippen LogP contribution >= 0.6 is 0 Å². The van der Waals surface area contributed by atoms with E-state index in [1.165, 1.54) is 12.1 Å². The highest BCUT2D eigenvalue weighted by Gasteiger charge is 2.72. The molecule has 2 saturated carbocycles. The Balaban J connectivity index is 1.29. The molecule has 3 unspecified atom stereocenters. The molecule has 36 heavy (non-hydrogen) atoms. The normalized spacial score (nSPS) is 32.1. The number of alkyl halides is 3. The topological polar surface area (TPSA) is 99.5 Å². The molecule has 3 heterocycles. The zero-order valence-corrected chi connectivity index (χ0v) is 18.7. The molecule has 0 aromatic heterocycles. The largest absolute Gasteiger partial charge is 0.460 e. The van der Waals surface area contributed by atoms with Gasteiger partial charge in [0.2, 0.25) is 11.8 Å². The molecule has 5 aliphatic rings. The summed E-state index contributed by atoms with van der Waals surface area (Å²) < 4.78 is 46.1. The molecule has 5 fully saturated rings. The molecule has 3 aliphatic heterocycles. The van der Waals surface area contributed by atoms with Crippen molar-refractivity contribution in [3.05, 3.63) is 65.2 Å². The van der Waals surface area contributed by atoms with Crippen LogP contribution in [0.4, 0.5) is 18.9 Å². The van der Waals surface area contributed by atoms with E-state index in [-0.39, 0.29) is 24.1 Å². The van der Waals surface area contributed by atoms with Crippen LogP contribution in [0.15, 0.2) is 48.5 Å². The number of carbonyl (C=O) groups is 3. The number of halogens is 3. The Labute approximate surface area is 203 Å². The summed E-state index contributed by atoms with van der Waals surface area (Å²) in [6.07, 6.45) is -4.04. The maximum absolute atomic E-state index is 13.5. The second kappa shape index (κ2) is 7.90. The van der Waals surface area contributed by atoms with Crippen molar-refractivity contribution in [1.82, 2.24) is 5.32 Å². The van der Waals surface area contributed by atoms with E-state index in [4.69, 9.17) is 10.00 Å². The van der Waals surface area contributed by atoms with Crippen LogP contribution in [0.25, 0.3) is 0 Å². The zero-order chi connectivity index (χ0) is 25.4. The molecule has 2 aromatic carbocycles. The van der Waals surface area contributed by atoms with Crippen molar-refractivity contribution < 1.29 is 32.3 Å². The number of anilines is 1. The number of fused-ring (bicyclic) bond motifs is 1. The predicted molar refractivity (Wildman–Crippen MR) is 118 cm³/mol. The lowest BCUT2D eigenvalue weighted by molar-refractivity contribution is -0.156. The summed E-state index contributed by atoms with van der Waals surface area (Å²) in [4.78, 5) is 40.8. The average molecular weight is 495 g/mol. The highest BCUT2D eigenvalue weighted by Crippen LogP contribution is 2.63. The fraction of sp³-hybridized carbons (Fsp3) is 0.385. The lowest BCUT2D eigenvalue weighted by atomic mass is 9.64. The number of nitrogens with one attached hydrogen (secondary N) is 1. The number of hydrogen-bond donors (Lipinski definition) is 1. The Morgan fingerprint density at radius 3 is 2.50 bits per heavy atom. The average Bonchev–Trinajstić information content (AvgIpc) is 3.64. The molecule has 2 bridgehead atoms. The van der Waals surface area contributed by atoms with E-state index in [1.807, 2.05) is 30.3 Å². The van der Waals surface area contributed by atoms with Crippen LogP contribution < -0.4 is 10.2 Å². The zero-order valence-electron chi connectivity index (χ0n) is 18.7. The Morgan fingerprint density at radius 2 is 1.81 bits per heavy atom. The van der Waals surface area contributed by atoms with E-state index < -0.39 is 64.9 Å². The van der Waals surface area contributed by atoms with E-state index in [1.54, 1.807) is 0 Å². The van der Waals surface area contributed by atoms with Crippen LogP contribution in [0.3, 0.4) is 0 Å². The molecule has 2 aromatic rings. The van der Waals surface area contributed by atoms with Gasteiger partial charge in [0, 0.05) is 12.0 Å². The third kappa shape index (κ3) is 3.33. The van der Waals surface area contributed by atoms with Gasteiger partial charge in [0.25, 0.3) is 0 Å². The van der Waals surface area contributed by atoms with Gasteiger partial charge in [-0.05, 0) is 42.0 Å². The Morgan fingerprint density at radius 1 is 1.08 bits per heavy atom. The van der Waals surface area contributed by atoms with Crippen molar-refractivity contribution in [2.45, 2.75) is 31.3 Å². The van der Waals surface area contributed by atoms with Gasteiger partial charge < -0.3 is 10.1 Å². The number of benzene rings is 2. The summed E-state index contributed by atoms with van der Waals surface area (Å²) in [5.41, 5.74) is -1.20. The Hall–Kier alpha value is -3.71. The number of hydrogen-bond acceptors (Lipinski definition) is 6.